The Balaban J connectivity index is 2.03. The smallest absolute Gasteiger partial charge is 0.320 e. The topological polar surface area (TPSA) is 26.8 Å². The van der Waals surface area contributed by atoms with Crippen LogP contribution < -0.4 is 0 Å². The van der Waals surface area contributed by atoms with Crippen LogP contribution in [0, 0.1) is 0 Å². The van der Waals surface area contributed by atoms with Crippen molar-refractivity contribution in [2.45, 2.75) is 38.8 Å². The summed E-state index contributed by atoms with van der Waals surface area (Å²) in [4.78, 5) is 18.7. The van der Waals surface area contributed by atoms with Gasteiger partial charge >= 0.3 is 6.03 Å². The molecule has 0 spiro atoms. The fourth-order valence-corrected chi connectivity index (χ4v) is 2.95. The van der Waals surface area contributed by atoms with E-state index in [1.54, 1.807) is 0 Å². The zero-order valence-electron chi connectivity index (χ0n) is 10.6. The Bertz CT molecular complexity index is 265. The van der Waals surface area contributed by atoms with Crippen LogP contribution in [0.4, 0.5) is 4.79 Å². The Hall–Kier alpha value is -0.770. The van der Waals surface area contributed by atoms with Crippen LogP contribution in [-0.4, -0.2) is 66.0 Å². The van der Waals surface area contributed by atoms with E-state index >= 15 is 0 Å². The SMILES string of the molecule is CCN(CC)C(=O)N1CC2CCC1CN2C. The summed E-state index contributed by atoms with van der Waals surface area (Å²) in [6.07, 6.45) is 2.44. The molecule has 4 nitrogen and oxygen atoms in total. The first-order chi connectivity index (χ1) is 7.67. The molecule has 0 aromatic rings. The molecule has 3 aliphatic rings. The summed E-state index contributed by atoms with van der Waals surface area (Å²) >= 11 is 0. The molecular weight excluding hydrogens is 202 g/mol. The molecule has 0 aromatic carbocycles. The number of piperidine rings is 2. The lowest BCUT2D eigenvalue weighted by Gasteiger charge is -2.51. The fraction of sp³-hybridized carbons (Fsp3) is 0.917. The van der Waals surface area contributed by atoms with Gasteiger partial charge in [-0.2, -0.15) is 0 Å². The molecule has 3 saturated heterocycles. The van der Waals surface area contributed by atoms with Gasteiger partial charge in [-0.25, -0.2) is 4.79 Å². The molecule has 0 saturated carbocycles. The maximum Gasteiger partial charge on any atom is 0.320 e. The Labute approximate surface area is 98.2 Å². The number of hydrogen-bond acceptors (Lipinski definition) is 2. The van der Waals surface area contributed by atoms with E-state index in [0.29, 0.717) is 12.1 Å². The first-order valence-electron chi connectivity index (χ1n) is 6.43. The van der Waals surface area contributed by atoms with Crippen molar-refractivity contribution in [1.82, 2.24) is 14.7 Å². The normalized spacial score (nSPS) is 29.6. The zero-order chi connectivity index (χ0) is 11.7. The highest BCUT2D eigenvalue weighted by molar-refractivity contribution is 5.75. The third kappa shape index (κ3) is 1.90. The van der Waals surface area contributed by atoms with Crippen LogP contribution in [0.25, 0.3) is 0 Å². The van der Waals surface area contributed by atoms with Crippen LogP contribution in [0.3, 0.4) is 0 Å². The first-order valence-corrected chi connectivity index (χ1v) is 6.43. The number of hydrogen-bond donors (Lipinski definition) is 0. The standard InChI is InChI=1S/C12H23N3O/c1-4-14(5-2)12(16)15-9-10-6-7-11(15)8-13(10)3/h10-11H,4-9H2,1-3H3. The molecule has 2 unspecified atom stereocenters. The molecule has 2 atom stereocenters. The van der Waals surface area contributed by atoms with Gasteiger partial charge in [-0.05, 0) is 33.7 Å². The predicted octanol–water partition coefficient (Wildman–Crippen LogP) is 1.23. The van der Waals surface area contributed by atoms with Gasteiger partial charge in [-0.1, -0.05) is 0 Å². The molecular formula is C12H23N3O. The van der Waals surface area contributed by atoms with Crippen LogP contribution in [0.2, 0.25) is 0 Å². The minimum Gasteiger partial charge on any atom is -0.325 e. The summed E-state index contributed by atoms with van der Waals surface area (Å²) in [6, 6.07) is 1.28. The highest BCUT2D eigenvalue weighted by Crippen LogP contribution is 2.28. The van der Waals surface area contributed by atoms with Gasteiger partial charge in [0.1, 0.15) is 0 Å². The largest absolute Gasteiger partial charge is 0.325 e. The van der Waals surface area contributed by atoms with E-state index < -0.39 is 0 Å². The van der Waals surface area contributed by atoms with Gasteiger partial charge in [0, 0.05) is 38.3 Å². The van der Waals surface area contributed by atoms with Crippen molar-refractivity contribution in [3.8, 4) is 0 Å². The van der Waals surface area contributed by atoms with Crippen molar-refractivity contribution in [2.75, 3.05) is 33.2 Å². The molecule has 0 aromatic heterocycles. The highest BCUT2D eigenvalue weighted by Gasteiger charge is 2.40. The second-order valence-corrected chi connectivity index (χ2v) is 4.93. The van der Waals surface area contributed by atoms with Gasteiger partial charge in [0.2, 0.25) is 0 Å². The summed E-state index contributed by atoms with van der Waals surface area (Å²) in [5, 5.41) is 0. The van der Waals surface area contributed by atoms with E-state index in [4.69, 9.17) is 0 Å². The number of carbonyl (C=O) groups excluding carboxylic acids is 1. The lowest BCUT2D eigenvalue weighted by Crippen LogP contribution is -2.64. The predicted molar refractivity (Wildman–Crippen MR) is 64.5 cm³/mol. The minimum absolute atomic E-state index is 0.243. The first kappa shape index (κ1) is 11.7. The van der Waals surface area contributed by atoms with Crippen LogP contribution >= 0.6 is 0 Å². The molecule has 0 radical (unpaired) electrons. The quantitative estimate of drug-likeness (QED) is 0.706. The van der Waals surface area contributed by atoms with Crippen LogP contribution in [0.5, 0.6) is 0 Å². The molecule has 3 rings (SSSR count). The van der Waals surface area contributed by atoms with Crippen molar-refractivity contribution in [3.05, 3.63) is 0 Å². The maximum atomic E-state index is 12.3. The molecule has 16 heavy (non-hydrogen) atoms. The van der Waals surface area contributed by atoms with Crippen molar-refractivity contribution >= 4 is 6.03 Å². The Morgan fingerprint density at radius 3 is 2.25 bits per heavy atom. The maximum absolute atomic E-state index is 12.3. The number of likely N-dealkylation sites (N-methyl/N-ethyl adjacent to an activating group) is 1. The molecule has 2 bridgehead atoms. The molecule has 4 heteroatoms. The summed E-state index contributed by atoms with van der Waals surface area (Å²) in [6.45, 7) is 7.72. The number of amides is 2. The van der Waals surface area contributed by atoms with E-state index in [1.165, 1.54) is 12.8 Å². The minimum atomic E-state index is 0.243. The van der Waals surface area contributed by atoms with E-state index in [1.807, 2.05) is 4.90 Å². The van der Waals surface area contributed by atoms with Gasteiger partial charge in [0.15, 0.2) is 0 Å². The number of nitrogens with zero attached hydrogens (tertiary/aromatic N) is 3. The number of carbonyl (C=O) groups is 1. The Morgan fingerprint density at radius 1 is 1.19 bits per heavy atom. The Kier molecular flexibility index (Phi) is 3.38. The molecule has 3 aliphatic heterocycles. The highest BCUT2D eigenvalue weighted by atomic mass is 16.2. The monoisotopic (exact) mass is 225 g/mol. The van der Waals surface area contributed by atoms with Crippen molar-refractivity contribution in [3.63, 3.8) is 0 Å². The average molecular weight is 225 g/mol. The number of fused-ring (bicyclic) bond motifs is 3. The molecule has 3 heterocycles. The third-order valence-electron chi connectivity index (χ3n) is 4.08. The van der Waals surface area contributed by atoms with E-state index in [0.717, 1.165) is 26.2 Å². The zero-order valence-corrected chi connectivity index (χ0v) is 10.6. The van der Waals surface area contributed by atoms with E-state index in [9.17, 15) is 4.79 Å². The molecule has 2 amide bonds. The van der Waals surface area contributed by atoms with Crippen LogP contribution in [0.15, 0.2) is 0 Å². The van der Waals surface area contributed by atoms with Gasteiger partial charge < -0.3 is 9.80 Å². The van der Waals surface area contributed by atoms with E-state index in [-0.39, 0.29) is 6.03 Å². The fourth-order valence-electron chi connectivity index (χ4n) is 2.95. The van der Waals surface area contributed by atoms with Crippen molar-refractivity contribution in [1.29, 1.82) is 0 Å². The molecule has 0 aliphatic carbocycles. The summed E-state index contributed by atoms with van der Waals surface area (Å²) in [5.74, 6) is 0. The van der Waals surface area contributed by atoms with Crippen LogP contribution in [-0.2, 0) is 0 Å². The second-order valence-electron chi connectivity index (χ2n) is 4.93. The number of piperazine rings is 1. The summed E-state index contributed by atoms with van der Waals surface area (Å²) in [7, 11) is 2.18. The number of rotatable bonds is 2. The molecule has 92 valence electrons. The van der Waals surface area contributed by atoms with Crippen molar-refractivity contribution in [2.24, 2.45) is 0 Å². The lowest BCUT2D eigenvalue weighted by atomic mass is 9.92. The van der Waals surface area contributed by atoms with Crippen molar-refractivity contribution < 1.29 is 4.79 Å². The van der Waals surface area contributed by atoms with Gasteiger partial charge in [-0.15, -0.1) is 0 Å². The molecule has 0 N–H and O–H groups in total. The van der Waals surface area contributed by atoms with Crippen LogP contribution in [0.1, 0.15) is 26.7 Å². The second kappa shape index (κ2) is 4.62. The average Bonchev–Trinajstić information content (AvgIpc) is 2.31. The number of urea groups is 1. The van der Waals surface area contributed by atoms with Gasteiger partial charge in [0.05, 0.1) is 0 Å². The van der Waals surface area contributed by atoms with Gasteiger partial charge in [0.25, 0.3) is 0 Å². The lowest BCUT2D eigenvalue weighted by molar-refractivity contribution is 0.00776. The third-order valence-corrected chi connectivity index (χ3v) is 4.08. The summed E-state index contributed by atoms with van der Waals surface area (Å²) < 4.78 is 0. The summed E-state index contributed by atoms with van der Waals surface area (Å²) in [5.41, 5.74) is 0. The van der Waals surface area contributed by atoms with E-state index in [2.05, 4.69) is 30.7 Å². The van der Waals surface area contributed by atoms with Gasteiger partial charge in [-0.3, -0.25) is 4.90 Å². The Morgan fingerprint density at radius 2 is 1.81 bits per heavy atom. The molecule has 3 fully saturated rings.